The molecule has 0 aromatic carbocycles. The summed E-state index contributed by atoms with van der Waals surface area (Å²) in [5.41, 5.74) is 1.17. The number of esters is 1. The van der Waals surface area contributed by atoms with E-state index in [1.54, 1.807) is 0 Å². The van der Waals surface area contributed by atoms with Crippen molar-refractivity contribution >= 4 is 5.97 Å². The molecule has 0 aromatic rings. The lowest BCUT2D eigenvalue weighted by atomic mass is 9.72. The topological polar surface area (TPSA) is 26.3 Å². The zero-order valence-corrected chi connectivity index (χ0v) is 19.7. The monoisotopic (exact) mass is 392 g/mol. The van der Waals surface area contributed by atoms with Crippen molar-refractivity contribution in [2.75, 3.05) is 0 Å². The van der Waals surface area contributed by atoms with Crippen molar-refractivity contribution in [3.8, 4) is 0 Å². The van der Waals surface area contributed by atoms with E-state index in [1.165, 1.54) is 77.0 Å². The van der Waals surface area contributed by atoms with E-state index < -0.39 is 0 Å². The van der Waals surface area contributed by atoms with Crippen molar-refractivity contribution in [1.82, 2.24) is 0 Å². The summed E-state index contributed by atoms with van der Waals surface area (Å²) in [5, 5.41) is 0. The van der Waals surface area contributed by atoms with E-state index in [2.05, 4.69) is 33.8 Å². The van der Waals surface area contributed by atoms with Gasteiger partial charge in [0.2, 0.25) is 0 Å². The van der Waals surface area contributed by atoms with Gasteiger partial charge in [-0.3, -0.25) is 0 Å². The van der Waals surface area contributed by atoms with Gasteiger partial charge in [-0.05, 0) is 56.8 Å². The minimum atomic E-state index is -0.0914. The highest BCUT2D eigenvalue weighted by molar-refractivity contribution is 5.87. The van der Waals surface area contributed by atoms with E-state index in [0.717, 1.165) is 30.8 Å². The van der Waals surface area contributed by atoms with Crippen molar-refractivity contribution in [3.63, 3.8) is 0 Å². The molecule has 0 N–H and O–H groups in total. The van der Waals surface area contributed by atoms with Crippen molar-refractivity contribution in [2.45, 2.75) is 137 Å². The number of rotatable bonds is 13. The first kappa shape index (κ1) is 25.2. The molecule has 2 heteroatoms. The van der Waals surface area contributed by atoms with Crippen LogP contribution >= 0.6 is 0 Å². The van der Waals surface area contributed by atoms with Gasteiger partial charge in [0.05, 0.1) is 0 Å². The van der Waals surface area contributed by atoms with Gasteiger partial charge in [0, 0.05) is 5.57 Å². The summed E-state index contributed by atoms with van der Waals surface area (Å²) in [5.74, 6) is 0.668. The standard InChI is InChI=1S/C26H48O2/c1-6-7-8-9-10-11-12-13-14-15-16-17-22(2)25(27)28-24-20-18-23(19-21-24)26(3,4)5/h17,23-24H,6-16,18-21H2,1-5H3. The van der Waals surface area contributed by atoms with Gasteiger partial charge < -0.3 is 4.74 Å². The lowest BCUT2D eigenvalue weighted by Gasteiger charge is -2.36. The number of hydrogen-bond acceptors (Lipinski definition) is 2. The fourth-order valence-corrected chi connectivity index (χ4v) is 4.32. The molecule has 0 amide bonds. The predicted octanol–water partition coefficient (Wildman–Crippen LogP) is 8.39. The summed E-state index contributed by atoms with van der Waals surface area (Å²) in [4.78, 5) is 12.3. The second-order valence-electron chi connectivity index (χ2n) is 10.1. The lowest BCUT2D eigenvalue weighted by molar-refractivity contribution is -0.146. The van der Waals surface area contributed by atoms with E-state index in [-0.39, 0.29) is 12.1 Å². The Morgan fingerprint density at radius 1 is 0.857 bits per heavy atom. The highest BCUT2D eigenvalue weighted by atomic mass is 16.5. The van der Waals surface area contributed by atoms with Crippen LogP contribution in [0.4, 0.5) is 0 Å². The highest BCUT2D eigenvalue weighted by Crippen LogP contribution is 2.38. The Hall–Kier alpha value is -0.790. The maximum atomic E-state index is 12.3. The Bertz CT molecular complexity index is 436. The first-order chi connectivity index (χ1) is 13.3. The third kappa shape index (κ3) is 11.3. The Morgan fingerprint density at radius 2 is 1.36 bits per heavy atom. The lowest BCUT2D eigenvalue weighted by Crippen LogP contribution is -2.30. The summed E-state index contributed by atoms with van der Waals surface area (Å²) >= 11 is 0. The van der Waals surface area contributed by atoms with Crippen molar-refractivity contribution in [2.24, 2.45) is 11.3 Å². The fraction of sp³-hybridized carbons (Fsp3) is 0.885. The zero-order chi connectivity index (χ0) is 20.8. The largest absolute Gasteiger partial charge is 0.459 e. The van der Waals surface area contributed by atoms with Crippen LogP contribution in [0.25, 0.3) is 0 Å². The van der Waals surface area contributed by atoms with Crippen molar-refractivity contribution in [1.29, 1.82) is 0 Å². The van der Waals surface area contributed by atoms with Crippen LogP contribution in [0.15, 0.2) is 11.6 Å². The summed E-state index contributed by atoms with van der Waals surface area (Å²) in [6.07, 6.45) is 21.2. The quantitative estimate of drug-likeness (QED) is 0.179. The molecule has 0 saturated heterocycles. The third-order valence-electron chi connectivity index (χ3n) is 6.50. The summed E-state index contributed by atoms with van der Waals surface area (Å²) in [6, 6.07) is 0. The highest BCUT2D eigenvalue weighted by Gasteiger charge is 2.31. The van der Waals surface area contributed by atoms with Crippen molar-refractivity contribution < 1.29 is 9.53 Å². The molecule has 1 aliphatic carbocycles. The summed E-state index contributed by atoms with van der Waals surface area (Å²) in [7, 11) is 0. The van der Waals surface area contributed by atoms with Crippen LogP contribution in [0.5, 0.6) is 0 Å². The first-order valence-corrected chi connectivity index (χ1v) is 12.2. The van der Waals surface area contributed by atoms with E-state index in [0.29, 0.717) is 5.41 Å². The normalized spacial score (nSPS) is 21.0. The smallest absolute Gasteiger partial charge is 0.333 e. The van der Waals surface area contributed by atoms with Crippen LogP contribution < -0.4 is 0 Å². The second-order valence-corrected chi connectivity index (χ2v) is 10.1. The average molecular weight is 393 g/mol. The molecule has 0 unspecified atom stereocenters. The van der Waals surface area contributed by atoms with E-state index in [9.17, 15) is 4.79 Å². The van der Waals surface area contributed by atoms with E-state index in [4.69, 9.17) is 4.74 Å². The summed E-state index contributed by atoms with van der Waals surface area (Å²) in [6.45, 7) is 11.2. The number of hydrogen-bond donors (Lipinski definition) is 0. The molecule has 1 rings (SSSR count). The molecule has 1 aliphatic rings. The van der Waals surface area contributed by atoms with Gasteiger partial charge >= 0.3 is 5.97 Å². The molecule has 0 heterocycles. The molecule has 0 atom stereocenters. The van der Waals surface area contributed by atoms with Crippen molar-refractivity contribution in [3.05, 3.63) is 11.6 Å². The Morgan fingerprint density at radius 3 is 1.86 bits per heavy atom. The molecule has 164 valence electrons. The number of unbranched alkanes of at least 4 members (excludes halogenated alkanes) is 10. The molecule has 0 aliphatic heterocycles. The second kappa shape index (κ2) is 14.2. The van der Waals surface area contributed by atoms with Crippen LogP contribution in [0.2, 0.25) is 0 Å². The first-order valence-electron chi connectivity index (χ1n) is 12.2. The number of carbonyl (C=O) groups excluding carboxylic acids is 1. The van der Waals surface area contributed by atoms with Crippen LogP contribution in [-0.2, 0) is 9.53 Å². The molecule has 28 heavy (non-hydrogen) atoms. The zero-order valence-electron chi connectivity index (χ0n) is 19.7. The SMILES string of the molecule is CCCCCCCCCCCCC=C(C)C(=O)OC1CCC(C(C)(C)C)CC1. The molecule has 1 saturated carbocycles. The Kier molecular flexibility index (Phi) is 12.8. The molecule has 0 bridgehead atoms. The predicted molar refractivity (Wildman–Crippen MR) is 122 cm³/mol. The van der Waals surface area contributed by atoms with Gasteiger partial charge in [-0.15, -0.1) is 0 Å². The van der Waals surface area contributed by atoms with E-state index >= 15 is 0 Å². The molecule has 1 fully saturated rings. The summed E-state index contributed by atoms with van der Waals surface area (Å²) < 4.78 is 5.76. The van der Waals surface area contributed by atoms with Gasteiger partial charge in [-0.1, -0.05) is 91.6 Å². The van der Waals surface area contributed by atoms with Crippen LogP contribution in [-0.4, -0.2) is 12.1 Å². The van der Waals surface area contributed by atoms with E-state index in [1.807, 2.05) is 6.92 Å². The molecule has 2 nitrogen and oxygen atoms in total. The Balaban J connectivity index is 2.07. The number of ether oxygens (including phenoxy) is 1. The maximum absolute atomic E-state index is 12.3. The van der Waals surface area contributed by atoms with Gasteiger partial charge in [0.25, 0.3) is 0 Å². The van der Waals surface area contributed by atoms with Crippen LogP contribution in [0.3, 0.4) is 0 Å². The van der Waals surface area contributed by atoms with Crippen LogP contribution in [0.1, 0.15) is 131 Å². The minimum absolute atomic E-state index is 0.0914. The van der Waals surface area contributed by atoms with Gasteiger partial charge in [0.15, 0.2) is 0 Å². The number of carbonyl (C=O) groups is 1. The molecule has 0 aromatic heterocycles. The molecular weight excluding hydrogens is 344 g/mol. The van der Waals surface area contributed by atoms with Gasteiger partial charge in [-0.25, -0.2) is 4.79 Å². The Labute approximate surface area is 175 Å². The minimum Gasteiger partial charge on any atom is -0.459 e. The number of allylic oxidation sites excluding steroid dienone is 1. The molecule has 0 radical (unpaired) electrons. The molecule has 0 spiro atoms. The van der Waals surface area contributed by atoms with Gasteiger partial charge in [0.1, 0.15) is 6.10 Å². The maximum Gasteiger partial charge on any atom is 0.333 e. The third-order valence-corrected chi connectivity index (χ3v) is 6.50. The fourth-order valence-electron chi connectivity index (χ4n) is 4.32. The molecular formula is C26H48O2. The van der Waals surface area contributed by atoms with Gasteiger partial charge in [-0.2, -0.15) is 0 Å². The van der Waals surface area contributed by atoms with Crippen LogP contribution in [0, 0.1) is 11.3 Å². The average Bonchev–Trinajstić information content (AvgIpc) is 2.65.